The first kappa shape index (κ1) is 20.0. The van der Waals surface area contributed by atoms with Crippen LogP contribution in [0.1, 0.15) is 6.92 Å². The van der Waals surface area contributed by atoms with Crippen molar-refractivity contribution in [2.75, 3.05) is 26.1 Å². The number of rotatable bonds is 10. The predicted octanol–water partition coefficient (Wildman–Crippen LogP) is 3.21. The van der Waals surface area contributed by atoms with Gasteiger partial charge in [0.25, 0.3) is 0 Å². The van der Waals surface area contributed by atoms with Crippen molar-refractivity contribution in [2.45, 2.75) is 18.2 Å². The van der Waals surface area contributed by atoms with Crippen LogP contribution in [-0.2, 0) is 0 Å². The molecule has 1 atom stereocenters. The van der Waals surface area contributed by atoms with Crippen molar-refractivity contribution < 1.29 is 19.3 Å². The zero-order valence-electron chi connectivity index (χ0n) is 15.8. The molecule has 28 heavy (non-hydrogen) atoms. The van der Waals surface area contributed by atoms with E-state index in [-0.39, 0.29) is 6.61 Å². The van der Waals surface area contributed by atoms with Crippen LogP contribution in [0, 0.1) is 0 Å². The van der Waals surface area contributed by atoms with Crippen LogP contribution in [0.15, 0.2) is 60.0 Å². The van der Waals surface area contributed by atoms with Gasteiger partial charge in [-0.1, -0.05) is 23.9 Å². The molecular formula is C20H23N3O4S. The zero-order chi connectivity index (χ0) is 19.8. The highest BCUT2D eigenvalue weighted by Gasteiger charge is 2.14. The smallest absolute Gasteiger partial charge is 0.195 e. The first-order chi connectivity index (χ1) is 13.7. The molecule has 0 amide bonds. The molecule has 8 heteroatoms. The average molecular weight is 401 g/mol. The van der Waals surface area contributed by atoms with Gasteiger partial charge < -0.3 is 19.3 Å². The largest absolute Gasteiger partial charge is 0.495 e. The molecule has 0 aliphatic carbocycles. The number of ether oxygens (including phenoxy) is 3. The molecule has 3 aromatic rings. The maximum atomic E-state index is 10.3. The van der Waals surface area contributed by atoms with Crippen LogP contribution in [0.4, 0.5) is 0 Å². The highest BCUT2D eigenvalue weighted by atomic mass is 32.2. The summed E-state index contributed by atoms with van der Waals surface area (Å²) in [5.41, 5.74) is 0.845. The summed E-state index contributed by atoms with van der Waals surface area (Å²) in [6.07, 6.45) is 0.975. The Morgan fingerprint density at radius 2 is 1.79 bits per heavy atom. The normalized spacial score (nSPS) is 11.8. The number of hydrogen-bond acceptors (Lipinski definition) is 7. The number of para-hydroxylation sites is 2. The second-order valence-electron chi connectivity index (χ2n) is 5.84. The Morgan fingerprint density at radius 3 is 2.50 bits per heavy atom. The van der Waals surface area contributed by atoms with Crippen molar-refractivity contribution in [1.29, 1.82) is 0 Å². The second-order valence-corrected chi connectivity index (χ2v) is 6.82. The fourth-order valence-corrected chi connectivity index (χ4v) is 3.35. The Kier molecular flexibility index (Phi) is 7.16. The summed E-state index contributed by atoms with van der Waals surface area (Å²) in [4.78, 5) is 0. The molecule has 3 rings (SSSR count). The first-order valence-electron chi connectivity index (χ1n) is 8.91. The Balaban J connectivity index is 1.54. The summed E-state index contributed by atoms with van der Waals surface area (Å²) in [7, 11) is 1.62. The highest BCUT2D eigenvalue weighted by molar-refractivity contribution is 7.99. The van der Waals surface area contributed by atoms with Gasteiger partial charge in [0.2, 0.25) is 0 Å². The van der Waals surface area contributed by atoms with Gasteiger partial charge in [-0.05, 0) is 43.3 Å². The van der Waals surface area contributed by atoms with E-state index in [1.807, 2.05) is 60.0 Å². The van der Waals surface area contributed by atoms with Crippen molar-refractivity contribution in [1.82, 2.24) is 14.8 Å². The standard InChI is InChI=1S/C20H23N3O4S/c1-3-26-16-8-10-17(11-9-16)27-12-15(24)13-28-20-22-21-14-23(20)18-6-4-5-7-19(18)25-2/h4-11,14-15,24H,3,12-13H2,1-2H3/t15-/m0/s1. The van der Waals surface area contributed by atoms with Crippen LogP contribution in [0.25, 0.3) is 5.69 Å². The summed E-state index contributed by atoms with van der Waals surface area (Å²) in [5, 5.41) is 19.0. The van der Waals surface area contributed by atoms with Gasteiger partial charge in [0, 0.05) is 5.75 Å². The topological polar surface area (TPSA) is 78.6 Å². The van der Waals surface area contributed by atoms with E-state index in [2.05, 4.69) is 10.2 Å². The number of aliphatic hydroxyl groups excluding tert-OH is 1. The van der Waals surface area contributed by atoms with Gasteiger partial charge in [0.15, 0.2) is 5.16 Å². The van der Waals surface area contributed by atoms with E-state index in [0.29, 0.717) is 23.3 Å². The lowest BCUT2D eigenvalue weighted by Crippen LogP contribution is -2.20. The van der Waals surface area contributed by atoms with Crippen LogP contribution in [0.3, 0.4) is 0 Å². The summed E-state index contributed by atoms with van der Waals surface area (Å²) in [5.74, 6) is 2.63. The molecule has 0 saturated carbocycles. The quantitative estimate of drug-likeness (QED) is 0.523. The zero-order valence-corrected chi connectivity index (χ0v) is 16.6. The molecule has 2 aromatic carbocycles. The highest BCUT2D eigenvalue weighted by Crippen LogP contribution is 2.27. The fraction of sp³-hybridized carbons (Fsp3) is 0.300. The molecule has 0 spiro atoms. The average Bonchev–Trinajstić information content (AvgIpc) is 3.20. The van der Waals surface area contributed by atoms with E-state index in [9.17, 15) is 5.11 Å². The van der Waals surface area contributed by atoms with E-state index < -0.39 is 6.10 Å². The van der Waals surface area contributed by atoms with E-state index in [0.717, 1.165) is 17.2 Å². The summed E-state index contributed by atoms with van der Waals surface area (Å²) in [6.45, 7) is 2.74. The lowest BCUT2D eigenvalue weighted by molar-refractivity contribution is 0.126. The van der Waals surface area contributed by atoms with Gasteiger partial charge in [0.1, 0.15) is 30.2 Å². The number of hydrogen-bond donors (Lipinski definition) is 1. The minimum absolute atomic E-state index is 0.184. The van der Waals surface area contributed by atoms with Crippen molar-refractivity contribution in [3.8, 4) is 22.9 Å². The van der Waals surface area contributed by atoms with Gasteiger partial charge >= 0.3 is 0 Å². The number of methoxy groups -OCH3 is 1. The van der Waals surface area contributed by atoms with E-state index in [4.69, 9.17) is 14.2 Å². The molecule has 7 nitrogen and oxygen atoms in total. The van der Waals surface area contributed by atoms with Crippen LogP contribution in [-0.4, -0.2) is 52.1 Å². The molecule has 0 aliphatic heterocycles. The SMILES string of the molecule is CCOc1ccc(OC[C@H](O)CSc2nncn2-c2ccccc2OC)cc1. The number of nitrogens with zero attached hydrogens (tertiary/aromatic N) is 3. The molecule has 1 aromatic heterocycles. The number of aromatic nitrogens is 3. The third-order valence-electron chi connectivity index (χ3n) is 3.84. The van der Waals surface area contributed by atoms with Gasteiger partial charge in [-0.15, -0.1) is 10.2 Å². The van der Waals surface area contributed by atoms with Crippen molar-refractivity contribution in [3.63, 3.8) is 0 Å². The van der Waals surface area contributed by atoms with Crippen molar-refractivity contribution in [3.05, 3.63) is 54.9 Å². The Morgan fingerprint density at radius 1 is 1.07 bits per heavy atom. The molecule has 0 unspecified atom stereocenters. The lowest BCUT2D eigenvalue weighted by Gasteiger charge is -2.13. The van der Waals surface area contributed by atoms with Gasteiger partial charge in [0.05, 0.1) is 25.5 Å². The molecular weight excluding hydrogens is 378 g/mol. The number of benzene rings is 2. The first-order valence-corrected chi connectivity index (χ1v) is 9.89. The van der Waals surface area contributed by atoms with Gasteiger partial charge in [-0.3, -0.25) is 4.57 Å². The lowest BCUT2D eigenvalue weighted by atomic mass is 10.3. The van der Waals surface area contributed by atoms with Crippen LogP contribution in [0.5, 0.6) is 17.2 Å². The van der Waals surface area contributed by atoms with Crippen LogP contribution < -0.4 is 14.2 Å². The molecule has 0 aliphatic rings. The minimum Gasteiger partial charge on any atom is -0.495 e. The van der Waals surface area contributed by atoms with Gasteiger partial charge in [-0.2, -0.15) is 0 Å². The maximum absolute atomic E-state index is 10.3. The van der Waals surface area contributed by atoms with Crippen molar-refractivity contribution >= 4 is 11.8 Å². The predicted molar refractivity (Wildman–Crippen MR) is 108 cm³/mol. The molecule has 0 radical (unpaired) electrons. The third-order valence-corrected chi connectivity index (χ3v) is 4.93. The van der Waals surface area contributed by atoms with E-state index in [1.165, 1.54) is 11.8 Å². The van der Waals surface area contributed by atoms with E-state index in [1.54, 1.807) is 13.4 Å². The summed E-state index contributed by atoms with van der Waals surface area (Å²) >= 11 is 1.40. The third kappa shape index (κ3) is 5.17. The van der Waals surface area contributed by atoms with Crippen molar-refractivity contribution in [2.24, 2.45) is 0 Å². The maximum Gasteiger partial charge on any atom is 0.195 e. The van der Waals surface area contributed by atoms with Crippen LogP contribution in [0.2, 0.25) is 0 Å². The Labute approximate surface area is 168 Å². The summed E-state index contributed by atoms with van der Waals surface area (Å²) < 4.78 is 18.3. The summed E-state index contributed by atoms with van der Waals surface area (Å²) in [6, 6.07) is 15.0. The molecule has 1 N–H and O–H groups in total. The number of aliphatic hydroxyl groups is 1. The van der Waals surface area contributed by atoms with E-state index >= 15 is 0 Å². The fourth-order valence-electron chi connectivity index (χ4n) is 2.53. The second kappa shape index (κ2) is 10.0. The van der Waals surface area contributed by atoms with Gasteiger partial charge in [-0.25, -0.2) is 0 Å². The minimum atomic E-state index is -0.653. The van der Waals surface area contributed by atoms with Crippen LogP contribution >= 0.6 is 11.8 Å². The molecule has 0 saturated heterocycles. The molecule has 0 bridgehead atoms. The monoisotopic (exact) mass is 401 g/mol. The molecule has 148 valence electrons. The molecule has 0 fully saturated rings. The Hall–Kier alpha value is -2.71. The molecule has 1 heterocycles. The number of thioether (sulfide) groups is 1. The Bertz CT molecular complexity index is 870.